The second-order valence-electron chi connectivity index (χ2n) is 5.60. The number of carbonyl (C=O) groups is 1. The number of piperazine rings is 1. The van der Waals surface area contributed by atoms with E-state index in [2.05, 4.69) is 0 Å². The fraction of sp³-hybridized carbons (Fsp3) is 0.533. The largest absolute Gasteiger partial charge is 0.450 e. The predicted molar refractivity (Wildman–Crippen MR) is 86.9 cm³/mol. The lowest BCUT2D eigenvalue weighted by molar-refractivity contribution is 0.0925. The SMILES string of the molecule is CCOC(=O)N1CCN(S(=O)(=O)N(C)Cc2ccc(F)c(F)c2)CC1. The van der Waals surface area contributed by atoms with Crippen molar-refractivity contribution in [2.75, 3.05) is 39.8 Å². The molecule has 1 aromatic carbocycles. The second-order valence-corrected chi connectivity index (χ2v) is 7.63. The smallest absolute Gasteiger partial charge is 0.409 e. The number of amides is 1. The number of halogens is 2. The number of ether oxygens (including phenoxy) is 1. The van der Waals surface area contributed by atoms with Crippen LogP contribution in [0.1, 0.15) is 12.5 Å². The Morgan fingerprint density at radius 1 is 1.20 bits per heavy atom. The fourth-order valence-corrected chi connectivity index (χ4v) is 3.82. The van der Waals surface area contributed by atoms with Gasteiger partial charge in [0.25, 0.3) is 10.2 Å². The summed E-state index contributed by atoms with van der Waals surface area (Å²) in [4.78, 5) is 13.1. The van der Waals surface area contributed by atoms with E-state index in [0.717, 1.165) is 16.4 Å². The first-order valence-corrected chi connectivity index (χ1v) is 9.22. The van der Waals surface area contributed by atoms with Crippen molar-refractivity contribution in [1.82, 2.24) is 13.5 Å². The lowest BCUT2D eigenvalue weighted by Gasteiger charge is -2.35. The molecule has 1 heterocycles. The third kappa shape index (κ3) is 4.65. The van der Waals surface area contributed by atoms with Crippen LogP contribution in [0.15, 0.2) is 18.2 Å². The summed E-state index contributed by atoms with van der Waals surface area (Å²) in [7, 11) is -2.40. The highest BCUT2D eigenvalue weighted by molar-refractivity contribution is 7.86. The Balaban J connectivity index is 1.98. The number of hydrogen-bond donors (Lipinski definition) is 0. The number of hydrogen-bond acceptors (Lipinski definition) is 4. The van der Waals surface area contributed by atoms with Crippen LogP contribution >= 0.6 is 0 Å². The molecule has 2 rings (SSSR count). The average molecular weight is 377 g/mol. The van der Waals surface area contributed by atoms with Gasteiger partial charge >= 0.3 is 6.09 Å². The van der Waals surface area contributed by atoms with Gasteiger partial charge in [0.2, 0.25) is 0 Å². The summed E-state index contributed by atoms with van der Waals surface area (Å²) in [5.74, 6) is -2.00. The van der Waals surface area contributed by atoms with Crippen molar-refractivity contribution in [3.05, 3.63) is 35.4 Å². The molecule has 1 fully saturated rings. The van der Waals surface area contributed by atoms with E-state index in [4.69, 9.17) is 4.74 Å². The topological polar surface area (TPSA) is 70.2 Å². The van der Waals surface area contributed by atoms with E-state index in [1.54, 1.807) is 6.92 Å². The third-order valence-corrected chi connectivity index (χ3v) is 5.81. The standard InChI is InChI=1S/C15H21F2N3O4S/c1-3-24-15(21)19-6-8-20(9-7-19)25(22,23)18(2)11-12-4-5-13(16)14(17)10-12/h4-5,10H,3,6-9,11H2,1-2H3. The second kappa shape index (κ2) is 8.07. The van der Waals surface area contributed by atoms with Gasteiger partial charge in [-0.25, -0.2) is 13.6 Å². The molecule has 0 unspecified atom stereocenters. The zero-order chi connectivity index (χ0) is 18.6. The third-order valence-electron chi connectivity index (χ3n) is 3.87. The summed E-state index contributed by atoms with van der Waals surface area (Å²) < 4.78 is 58.6. The fourth-order valence-electron chi connectivity index (χ4n) is 2.49. The van der Waals surface area contributed by atoms with Gasteiger partial charge in [-0.15, -0.1) is 0 Å². The van der Waals surface area contributed by atoms with Crippen LogP contribution in [-0.2, 0) is 21.5 Å². The van der Waals surface area contributed by atoms with E-state index in [0.29, 0.717) is 5.56 Å². The molecule has 0 aliphatic carbocycles. The minimum atomic E-state index is -3.77. The molecule has 0 N–H and O–H groups in total. The minimum absolute atomic E-state index is 0.0857. The Kier molecular flexibility index (Phi) is 6.31. The first-order chi connectivity index (χ1) is 11.8. The summed E-state index contributed by atoms with van der Waals surface area (Å²) in [6.07, 6.45) is -0.463. The Morgan fingerprint density at radius 3 is 2.40 bits per heavy atom. The highest BCUT2D eigenvalue weighted by Crippen LogP contribution is 2.16. The van der Waals surface area contributed by atoms with Gasteiger partial charge in [-0.2, -0.15) is 17.0 Å². The minimum Gasteiger partial charge on any atom is -0.450 e. The van der Waals surface area contributed by atoms with E-state index in [1.807, 2.05) is 0 Å². The number of benzene rings is 1. The van der Waals surface area contributed by atoms with Gasteiger partial charge in [-0.05, 0) is 24.6 Å². The molecule has 1 saturated heterocycles. The zero-order valence-corrected chi connectivity index (χ0v) is 14.9. The molecule has 7 nitrogen and oxygen atoms in total. The van der Waals surface area contributed by atoms with E-state index >= 15 is 0 Å². The van der Waals surface area contributed by atoms with Gasteiger partial charge in [0, 0.05) is 39.8 Å². The van der Waals surface area contributed by atoms with Crippen LogP contribution in [-0.4, -0.2) is 67.9 Å². The first kappa shape index (κ1) is 19.5. The molecule has 0 atom stereocenters. The molecule has 0 saturated carbocycles. The van der Waals surface area contributed by atoms with Crippen molar-refractivity contribution in [2.24, 2.45) is 0 Å². The number of nitrogens with zero attached hydrogens (tertiary/aromatic N) is 3. The van der Waals surface area contributed by atoms with Crippen molar-refractivity contribution in [2.45, 2.75) is 13.5 Å². The maximum Gasteiger partial charge on any atom is 0.409 e. The molecule has 25 heavy (non-hydrogen) atoms. The van der Waals surface area contributed by atoms with E-state index in [9.17, 15) is 22.0 Å². The van der Waals surface area contributed by atoms with Gasteiger partial charge in [0.1, 0.15) is 0 Å². The van der Waals surface area contributed by atoms with E-state index < -0.39 is 27.9 Å². The van der Waals surface area contributed by atoms with Crippen molar-refractivity contribution in [3.8, 4) is 0 Å². The molecule has 1 aliphatic rings. The molecule has 1 amide bonds. The van der Waals surface area contributed by atoms with Crippen LogP contribution in [0.5, 0.6) is 0 Å². The van der Waals surface area contributed by atoms with Gasteiger partial charge < -0.3 is 9.64 Å². The predicted octanol–water partition coefficient (Wildman–Crippen LogP) is 1.42. The van der Waals surface area contributed by atoms with Crippen LogP contribution in [0.4, 0.5) is 13.6 Å². The number of rotatable bonds is 5. The van der Waals surface area contributed by atoms with Gasteiger partial charge in [0.05, 0.1) is 6.61 Å². The van der Waals surface area contributed by atoms with Crippen molar-refractivity contribution in [1.29, 1.82) is 0 Å². The normalized spacial score (nSPS) is 16.3. The van der Waals surface area contributed by atoms with Crippen LogP contribution in [0.3, 0.4) is 0 Å². The van der Waals surface area contributed by atoms with Gasteiger partial charge in [-0.3, -0.25) is 0 Å². The Bertz CT molecular complexity index is 721. The summed E-state index contributed by atoms with van der Waals surface area (Å²) in [6, 6.07) is 3.27. The quantitative estimate of drug-likeness (QED) is 0.778. The molecule has 0 spiro atoms. The molecule has 10 heteroatoms. The molecule has 1 aliphatic heterocycles. The first-order valence-electron chi connectivity index (χ1n) is 7.82. The monoisotopic (exact) mass is 377 g/mol. The summed E-state index contributed by atoms with van der Waals surface area (Å²) in [5, 5.41) is 0. The molecular weight excluding hydrogens is 356 g/mol. The summed E-state index contributed by atoms with van der Waals surface area (Å²) >= 11 is 0. The van der Waals surface area contributed by atoms with Gasteiger partial charge in [0.15, 0.2) is 11.6 Å². The van der Waals surface area contributed by atoms with Crippen molar-refractivity contribution >= 4 is 16.3 Å². The van der Waals surface area contributed by atoms with Crippen LogP contribution in [0, 0.1) is 11.6 Å². The Hall–Kier alpha value is -1.78. The molecule has 0 aromatic heterocycles. The van der Waals surface area contributed by atoms with Gasteiger partial charge in [-0.1, -0.05) is 6.07 Å². The molecule has 140 valence electrons. The van der Waals surface area contributed by atoms with Crippen LogP contribution in [0.2, 0.25) is 0 Å². The summed E-state index contributed by atoms with van der Waals surface area (Å²) in [6.45, 7) is 2.62. The van der Waals surface area contributed by atoms with E-state index in [1.165, 1.54) is 22.3 Å². The van der Waals surface area contributed by atoms with Crippen molar-refractivity contribution in [3.63, 3.8) is 0 Å². The molecule has 0 radical (unpaired) electrons. The highest BCUT2D eigenvalue weighted by atomic mass is 32.2. The highest BCUT2D eigenvalue weighted by Gasteiger charge is 2.32. The average Bonchev–Trinajstić information content (AvgIpc) is 2.58. The Labute approximate surface area is 145 Å². The molecule has 0 bridgehead atoms. The maximum atomic E-state index is 13.3. The molecular formula is C15H21F2N3O4S. The Morgan fingerprint density at radius 2 is 1.84 bits per heavy atom. The maximum absolute atomic E-state index is 13.3. The van der Waals surface area contributed by atoms with Crippen molar-refractivity contribution < 1.29 is 26.7 Å². The van der Waals surface area contributed by atoms with Crippen LogP contribution in [0.25, 0.3) is 0 Å². The lowest BCUT2D eigenvalue weighted by atomic mass is 10.2. The number of carbonyl (C=O) groups excluding carboxylic acids is 1. The van der Waals surface area contributed by atoms with E-state index in [-0.39, 0.29) is 39.3 Å². The zero-order valence-electron chi connectivity index (χ0n) is 14.1. The molecule has 1 aromatic rings. The van der Waals surface area contributed by atoms with Crippen LogP contribution < -0.4 is 0 Å². The lowest BCUT2D eigenvalue weighted by Crippen LogP contribution is -2.53. The summed E-state index contributed by atoms with van der Waals surface area (Å²) in [5.41, 5.74) is 0.343.